The molecule has 3 heteroatoms. The summed E-state index contributed by atoms with van der Waals surface area (Å²) in [6.07, 6.45) is 2.08. The van der Waals surface area contributed by atoms with Gasteiger partial charge in [0.2, 0.25) is 0 Å². The van der Waals surface area contributed by atoms with Gasteiger partial charge in [0.1, 0.15) is 0 Å². The zero-order valence-electron chi connectivity index (χ0n) is 10.1. The van der Waals surface area contributed by atoms with E-state index in [4.69, 9.17) is 11.5 Å². The Hall–Kier alpha value is -0.700. The van der Waals surface area contributed by atoms with Crippen molar-refractivity contribution < 1.29 is 0 Å². The third kappa shape index (κ3) is 3.13. The maximum absolute atomic E-state index is 6.01. The lowest BCUT2D eigenvalue weighted by Crippen LogP contribution is -1.99. The highest BCUT2D eigenvalue weighted by Gasteiger charge is 2.14. The summed E-state index contributed by atoms with van der Waals surface area (Å²) < 4.78 is 0. The van der Waals surface area contributed by atoms with E-state index in [1.807, 2.05) is 0 Å². The average Bonchev–Trinajstić information content (AvgIpc) is 2.32. The van der Waals surface area contributed by atoms with Crippen LogP contribution in [0.4, 0.5) is 11.4 Å². The summed E-state index contributed by atoms with van der Waals surface area (Å²) in [5, 5.41) is 0. The van der Waals surface area contributed by atoms with Crippen LogP contribution in [0.3, 0.4) is 0 Å². The second-order valence-electron chi connectivity index (χ2n) is 4.97. The monoisotopic (exact) mass is 226 g/mol. The molecule has 1 rings (SSSR count). The minimum Gasteiger partial charge on any atom is -0.396 e. The summed E-state index contributed by atoms with van der Waals surface area (Å²) in [6.45, 7) is 8.82. The maximum Gasteiger partial charge on any atom is 0.0692 e. The lowest BCUT2D eigenvalue weighted by atomic mass is 10.1. The van der Waals surface area contributed by atoms with Crippen molar-refractivity contribution in [2.24, 2.45) is 11.8 Å². The van der Waals surface area contributed by atoms with Crippen LogP contribution in [-0.4, -0.2) is 0 Å². The van der Waals surface area contributed by atoms with Crippen molar-refractivity contribution in [3.8, 4) is 0 Å². The van der Waals surface area contributed by atoms with Crippen molar-refractivity contribution in [2.75, 3.05) is 11.5 Å². The quantitative estimate of drug-likeness (QED) is 0.827. The Labute approximate surface area is 96.7 Å². The van der Waals surface area contributed by atoms with Crippen LogP contribution >= 0.6 is 11.3 Å². The normalized spacial score (nSPS) is 11.6. The van der Waals surface area contributed by atoms with Crippen LogP contribution in [0.25, 0.3) is 0 Å². The highest BCUT2D eigenvalue weighted by atomic mass is 32.1. The number of hydrogen-bond donors (Lipinski definition) is 2. The Morgan fingerprint density at radius 1 is 0.867 bits per heavy atom. The molecular formula is C12H22N2S. The van der Waals surface area contributed by atoms with Gasteiger partial charge in [-0.25, -0.2) is 0 Å². The van der Waals surface area contributed by atoms with Gasteiger partial charge in [0.15, 0.2) is 0 Å². The number of nitrogens with two attached hydrogens (primary N) is 2. The zero-order chi connectivity index (χ0) is 11.6. The Balaban J connectivity index is 2.91. The molecule has 0 unspecified atom stereocenters. The molecule has 0 fully saturated rings. The van der Waals surface area contributed by atoms with E-state index < -0.39 is 0 Å². The van der Waals surface area contributed by atoms with E-state index in [2.05, 4.69) is 27.7 Å². The van der Waals surface area contributed by atoms with Gasteiger partial charge in [-0.15, -0.1) is 11.3 Å². The Morgan fingerprint density at radius 3 is 1.47 bits per heavy atom. The predicted octanol–water partition coefficient (Wildman–Crippen LogP) is 3.31. The van der Waals surface area contributed by atoms with Crippen LogP contribution < -0.4 is 11.5 Å². The summed E-state index contributed by atoms with van der Waals surface area (Å²) in [6, 6.07) is 0. The fraction of sp³-hybridized carbons (Fsp3) is 0.667. The van der Waals surface area contributed by atoms with Gasteiger partial charge in [0.05, 0.1) is 11.4 Å². The molecule has 0 saturated heterocycles. The summed E-state index contributed by atoms with van der Waals surface area (Å²) >= 11 is 1.79. The topological polar surface area (TPSA) is 52.0 Å². The first-order valence-electron chi connectivity index (χ1n) is 5.57. The molecule has 0 aromatic carbocycles. The summed E-state index contributed by atoms with van der Waals surface area (Å²) in [5.41, 5.74) is 13.7. The Kier molecular flexibility index (Phi) is 4.03. The van der Waals surface area contributed by atoms with Crippen molar-refractivity contribution >= 4 is 22.7 Å². The average molecular weight is 226 g/mol. The highest BCUT2D eigenvalue weighted by Crippen LogP contribution is 2.36. The lowest BCUT2D eigenvalue weighted by molar-refractivity contribution is 0.654. The van der Waals surface area contributed by atoms with Crippen LogP contribution in [0.5, 0.6) is 0 Å². The first-order valence-corrected chi connectivity index (χ1v) is 6.39. The van der Waals surface area contributed by atoms with Crippen molar-refractivity contribution in [2.45, 2.75) is 40.5 Å². The molecular weight excluding hydrogens is 204 g/mol. The molecule has 0 spiro atoms. The summed E-state index contributed by atoms with van der Waals surface area (Å²) in [5.74, 6) is 1.27. The third-order valence-electron chi connectivity index (χ3n) is 2.32. The fourth-order valence-corrected chi connectivity index (χ4v) is 3.17. The molecule has 1 heterocycles. The lowest BCUT2D eigenvalue weighted by Gasteiger charge is -2.02. The Bertz CT molecular complexity index is 296. The molecule has 0 radical (unpaired) electrons. The molecule has 0 aliphatic heterocycles. The van der Waals surface area contributed by atoms with E-state index in [-0.39, 0.29) is 0 Å². The molecule has 0 aliphatic rings. The van der Waals surface area contributed by atoms with Crippen LogP contribution in [0.2, 0.25) is 0 Å². The van der Waals surface area contributed by atoms with Gasteiger partial charge in [-0.3, -0.25) is 0 Å². The second kappa shape index (κ2) is 4.88. The second-order valence-corrected chi connectivity index (χ2v) is 6.16. The highest BCUT2D eigenvalue weighted by molar-refractivity contribution is 7.13. The predicted molar refractivity (Wildman–Crippen MR) is 70.2 cm³/mol. The number of hydrogen-bond acceptors (Lipinski definition) is 3. The van der Waals surface area contributed by atoms with E-state index in [1.54, 1.807) is 11.3 Å². The molecule has 0 atom stereocenters. The number of nitrogen functional groups attached to an aromatic ring is 2. The van der Waals surface area contributed by atoms with Gasteiger partial charge in [0, 0.05) is 9.75 Å². The van der Waals surface area contributed by atoms with Gasteiger partial charge in [0.25, 0.3) is 0 Å². The fourth-order valence-electron chi connectivity index (χ4n) is 1.60. The summed E-state index contributed by atoms with van der Waals surface area (Å²) in [4.78, 5) is 2.52. The van der Waals surface area contributed by atoms with Gasteiger partial charge < -0.3 is 11.5 Å². The van der Waals surface area contributed by atoms with Crippen molar-refractivity contribution in [1.82, 2.24) is 0 Å². The van der Waals surface area contributed by atoms with Crippen molar-refractivity contribution in [3.05, 3.63) is 9.75 Å². The standard InChI is InChI=1S/C12H22N2S/c1-7(2)5-9-11(13)12(14)10(15-9)6-8(3)4/h7-8H,5-6,13-14H2,1-4H3. The van der Waals surface area contributed by atoms with Gasteiger partial charge in [-0.1, -0.05) is 27.7 Å². The molecule has 4 N–H and O–H groups in total. The van der Waals surface area contributed by atoms with Crippen LogP contribution in [-0.2, 0) is 12.8 Å². The third-order valence-corrected chi connectivity index (χ3v) is 3.59. The van der Waals surface area contributed by atoms with E-state index in [1.165, 1.54) is 9.75 Å². The molecule has 1 aromatic heterocycles. The number of anilines is 2. The zero-order valence-corrected chi connectivity index (χ0v) is 10.9. The molecule has 86 valence electrons. The van der Waals surface area contributed by atoms with Crippen LogP contribution in [0.1, 0.15) is 37.4 Å². The molecule has 0 saturated carbocycles. The van der Waals surface area contributed by atoms with Crippen molar-refractivity contribution in [3.63, 3.8) is 0 Å². The van der Waals surface area contributed by atoms with Gasteiger partial charge >= 0.3 is 0 Å². The molecule has 1 aromatic rings. The molecule has 0 aliphatic carbocycles. The van der Waals surface area contributed by atoms with Gasteiger partial charge in [-0.2, -0.15) is 0 Å². The summed E-state index contributed by atoms with van der Waals surface area (Å²) in [7, 11) is 0. The van der Waals surface area contributed by atoms with E-state index in [0.29, 0.717) is 11.8 Å². The van der Waals surface area contributed by atoms with Gasteiger partial charge in [-0.05, 0) is 24.7 Å². The van der Waals surface area contributed by atoms with E-state index >= 15 is 0 Å². The SMILES string of the molecule is CC(C)Cc1sc(CC(C)C)c(N)c1N. The van der Waals surface area contributed by atoms with Crippen molar-refractivity contribution in [1.29, 1.82) is 0 Å². The molecule has 0 bridgehead atoms. The first kappa shape index (κ1) is 12.4. The molecule has 0 amide bonds. The number of rotatable bonds is 4. The smallest absolute Gasteiger partial charge is 0.0692 e. The number of thiophene rings is 1. The largest absolute Gasteiger partial charge is 0.396 e. The Morgan fingerprint density at radius 2 is 1.20 bits per heavy atom. The maximum atomic E-state index is 6.01. The molecule has 15 heavy (non-hydrogen) atoms. The van der Waals surface area contributed by atoms with Crippen LogP contribution in [0.15, 0.2) is 0 Å². The van der Waals surface area contributed by atoms with Crippen LogP contribution in [0, 0.1) is 11.8 Å². The molecule has 2 nitrogen and oxygen atoms in total. The minimum atomic E-state index is 0.636. The first-order chi connectivity index (χ1) is 6.91. The minimum absolute atomic E-state index is 0.636. The van der Waals surface area contributed by atoms with E-state index in [9.17, 15) is 0 Å². The van der Waals surface area contributed by atoms with E-state index in [0.717, 1.165) is 24.2 Å².